The van der Waals surface area contributed by atoms with E-state index in [4.69, 9.17) is 18.9 Å². The number of pyridine rings is 2. The second-order valence-electron chi connectivity index (χ2n) is 12.2. The molecular formula is C35H32N2O9. The Morgan fingerprint density at radius 2 is 1.57 bits per heavy atom. The third-order valence-corrected chi connectivity index (χ3v) is 9.02. The van der Waals surface area contributed by atoms with E-state index < -0.39 is 22.4 Å². The van der Waals surface area contributed by atoms with Crippen LogP contribution in [0.3, 0.4) is 0 Å². The Morgan fingerprint density at radius 3 is 2.26 bits per heavy atom. The summed E-state index contributed by atoms with van der Waals surface area (Å²) in [5.41, 5.74) is 0.409. The summed E-state index contributed by atoms with van der Waals surface area (Å²) >= 11 is 0. The van der Waals surface area contributed by atoms with Crippen molar-refractivity contribution in [1.82, 2.24) is 9.55 Å². The predicted octanol–water partition coefficient (Wildman–Crippen LogP) is 5.52. The van der Waals surface area contributed by atoms with Gasteiger partial charge in [0, 0.05) is 36.2 Å². The molecule has 3 heterocycles. The minimum atomic E-state index is -0.804. The van der Waals surface area contributed by atoms with E-state index in [9.17, 15) is 24.9 Å². The van der Waals surface area contributed by atoms with Gasteiger partial charge in [0.2, 0.25) is 10.9 Å². The van der Waals surface area contributed by atoms with Gasteiger partial charge in [-0.25, -0.2) is 0 Å². The first-order valence-electron chi connectivity index (χ1n) is 14.6. The van der Waals surface area contributed by atoms with Crippen molar-refractivity contribution in [1.29, 1.82) is 0 Å². The Hall–Kier alpha value is -5.58. The number of para-hydroxylation sites is 1. The van der Waals surface area contributed by atoms with Crippen LogP contribution in [-0.2, 0) is 7.05 Å². The monoisotopic (exact) mass is 624 g/mol. The Balaban J connectivity index is 1.63. The highest BCUT2D eigenvalue weighted by Crippen LogP contribution is 2.54. The Bertz CT molecular complexity index is 2410. The van der Waals surface area contributed by atoms with Crippen molar-refractivity contribution in [2.24, 2.45) is 7.05 Å². The van der Waals surface area contributed by atoms with Gasteiger partial charge in [-0.3, -0.25) is 9.59 Å². The number of phenolic OH excluding ortho intramolecular Hbond substituents is 3. The molecular weight excluding hydrogens is 592 g/mol. The number of ether oxygens (including phenoxy) is 4. The topological polar surface area (TPSA) is 152 Å². The Kier molecular flexibility index (Phi) is 6.31. The smallest absolute Gasteiger partial charge is 0.201 e. The van der Waals surface area contributed by atoms with Crippen molar-refractivity contribution in [2.45, 2.75) is 31.8 Å². The molecule has 1 aliphatic rings. The van der Waals surface area contributed by atoms with Crippen molar-refractivity contribution in [3.63, 3.8) is 0 Å². The lowest BCUT2D eigenvalue weighted by Gasteiger charge is -2.39. The molecule has 0 saturated heterocycles. The SMILES string of the molecule is COc1cc2[nH]c3c(OC)c(OC)ccc3c(=O)c2c(O)c1[C@H]1CC(C)(C)Oc2cc(O)c3c(=O)c4cccc(O)c4n(C)c3c21. The molecule has 0 bridgehead atoms. The Labute approximate surface area is 261 Å². The number of rotatable bonds is 4. The van der Waals surface area contributed by atoms with Gasteiger partial charge in [-0.15, -0.1) is 0 Å². The molecule has 2 aromatic heterocycles. The summed E-state index contributed by atoms with van der Waals surface area (Å²) in [6.45, 7) is 3.75. The van der Waals surface area contributed by atoms with Crippen LogP contribution < -0.4 is 29.8 Å². The summed E-state index contributed by atoms with van der Waals surface area (Å²) < 4.78 is 24.9. The second kappa shape index (κ2) is 9.96. The van der Waals surface area contributed by atoms with Crippen LogP contribution in [0.5, 0.6) is 40.2 Å². The summed E-state index contributed by atoms with van der Waals surface area (Å²) in [7, 11) is 6.13. The van der Waals surface area contributed by atoms with Crippen LogP contribution in [0.15, 0.2) is 52.1 Å². The number of H-pyrrole nitrogens is 1. The standard InChI is InChI=1S/C35H32N2O9/c1-35(2)14-17(24-23(46-35)13-20(39)27-30(24)37(3)29-16(32(27)41)8-7-9-19(29)38)25-22(44-5)12-18-26(33(25)42)31(40)15-10-11-21(43-4)34(45-6)28(15)36-18/h7-13,17,38-39,42H,14H2,1-6H3,(H,36,40)/t17-/m0/s1. The highest BCUT2D eigenvalue weighted by Gasteiger charge is 2.41. The van der Waals surface area contributed by atoms with E-state index in [0.717, 1.165) is 0 Å². The van der Waals surface area contributed by atoms with E-state index >= 15 is 0 Å². The van der Waals surface area contributed by atoms with Crippen molar-refractivity contribution in [2.75, 3.05) is 21.3 Å². The highest BCUT2D eigenvalue weighted by atomic mass is 16.5. The van der Waals surface area contributed by atoms with Crippen molar-refractivity contribution >= 4 is 43.6 Å². The van der Waals surface area contributed by atoms with Crippen molar-refractivity contribution in [3.05, 3.63) is 74.0 Å². The second-order valence-corrected chi connectivity index (χ2v) is 12.2. The van der Waals surface area contributed by atoms with Crippen molar-refractivity contribution in [3.8, 4) is 40.2 Å². The van der Waals surface area contributed by atoms with Gasteiger partial charge >= 0.3 is 0 Å². The zero-order valence-electron chi connectivity index (χ0n) is 26.1. The zero-order valence-corrected chi connectivity index (χ0v) is 26.1. The predicted molar refractivity (Wildman–Crippen MR) is 175 cm³/mol. The number of methoxy groups -OCH3 is 3. The summed E-state index contributed by atoms with van der Waals surface area (Å²) in [6.07, 6.45) is 0.304. The first-order valence-corrected chi connectivity index (χ1v) is 14.6. The molecule has 7 rings (SSSR count). The fourth-order valence-electron chi connectivity index (χ4n) is 7.14. The van der Waals surface area contributed by atoms with Gasteiger partial charge in [0.25, 0.3) is 0 Å². The fraction of sp³-hybridized carbons (Fsp3) is 0.257. The van der Waals surface area contributed by atoms with Crippen LogP contribution in [-0.4, -0.2) is 51.8 Å². The lowest BCUT2D eigenvalue weighted by Crippen LogP contribution is -2.36. The van der Waals surface area contributed by atoms with E-state index in [-0.39, 0.29) is 50.1 Å². The minimum absolute atomic E-state index is 0.0387. The number of aryl methyl sites for hydroxylation is 1. The quantitative estimate of drug-likeness (QED) is 0.186. The molecule has 1 atom stereocenters. The first-order chi connectivity index (χ1) is 21.9. The summed E-state index contributed by atoms with van der Waals surface area (Å²) in [6, 6.07) is 10.9. The highest BCUT2D eigenvalue weighted by molar-refractivity contribution is 6.03. The van der Waals surface area contributed by atoms with Gasteiger partial charge in [0.1, 0.15) is 34.3 Å². The number of aromatic amines is 1. The molecule has 0 saturated carbocycles. The lowest BCUT2D eigenvalue weighted by molar-refractivity contribution is 0.0771. The molecule has 0 aliphatic carbocycles. The molecule has 6 aromatic rings. The number of nitrogens with one attached hydrogen (secondary N) is 1. The molecule has 1 aliphatic heterocycles. The number of benzene rings is 4. The maximum atomic E-state index is 14.1. The van der Waals surface area contributed by atoms with Gasteiger partial charge in [0.05, 0.1) is 64.9 Å². The summed E-state index contributed by atoms with van der Waals surface area (Å²) in [5.74, 6) is -0.0274. The zero-order chi connectivity index (χ0) is 32.8. The normalized spacial score (nSPS) is 15.7. The van der Waals surface area contributed by atoms with Crippen LogP contribution >= 0.6 is 0 Å². The summed E-state index contributed by atoms with van der Waals surface area (Å²) in [4.78, 5) is 31.1. The van der Waals surface area contributed by atoms with Gasteiger partial charge in [-0.2, -0.15) is 0 Å². The van der Waals surface area contributed by atoms with Crippen LogP contribution in [0, 0.1) is 0 Å². The van der Waals surface area contributed by atoms with Gasteiger partial charge < -0.3 is 43.8 Å². The molecule has 11 heteroatoms. The third-order valence-electron chi connectivity index (χ3n) is 9.02. The van der Waals surface area contributed by atoms with E-state index in [1.54, 1.807) is 41.9 Å². The number of fused-ring (bicyclic) bond motifs is 6. The molecule has 4 N–H and O–H groups in total. The lowest BCUT2D eigenvalue weighted by atomic mass is 9.77. The van der Waals surface area contributed by atoms with E-state index in [0.29, 0.717) is 51.3 Å². The molecule has 11 nitrogen and oxygen atoms in total. The van der Waals surface area contributed by atoms with Gasteiger partial charge in [-0.1, -0.05) is 6.07 Å². The molecule has 0 amide bonds. The Morgan fingerprint density at radius 1 is 0.848 bits per heavy atom. The van der Waals surface area contributed by atoms with Crippen LogP contribution in [0.2, 0.25) is 0 Å². The molecule has 4 aromatic carbocycles. The number of phenols is 3. The minimum Gasteiger partial charge on any atom is -0.507 e. The number of nitrogens with zero attached hydrogens (tertiary/aromatic N) is 1. The van der Waals surface area contributed by atoms with Crippen LogP contribution in [0.1, 0.15) is 37.3 Å². The number of aromatic hydroxyl groups is 3. The van der Waals surface area contributed by atoms with E-state index in [1.165, 1.54) is 33.5 Å². The molecule has 46 heavy (non-hydrogen) atoms. The molecule has 0 spiro atoms. The van der Waals surface area contributed by atoms with Crippen molar-refractivity contribution < 1.29 is 34.3 Å². The van der Waals surface area contributed by atoms with Crippen LogP contribution in [0.4, 0.5) is 0 Å². The van der Waals surface area contributed by atoms with Gasteiger partial charge in [-0.05, 0) is 44.5 Å². The summed E-state index contributed by atoms with van der Waals surface area (Å²) in [5, 5.41) is 34.7. The van der Waals surface area contributed by atoms with E-state index in [2.05, 4.69) is 4.98 Å². The molecule has 0 unspecified atom stereocenters. The maximum Gasteiger partial charge on any atom is 0.201 e. The maximum absolute atomic E-state index is 14.1. The third kappa shape index (κ3) is 3.90. The van der Waals surface area contributed by atoms with E-state index in [1.807, 2.05) is 13.8 Å². The first kappa shape index (κ1) is 29.1. The number of hydrogen-bond acceptors (Lipinski definition) is 9. The van der Waals surface area contributed by atoms with Crippen LogP contribution in [0.25, 0.3) is 43.6 Å². The average molecular weight is 625 g/mol. The largest absolute Gasteiger partial charge is 0.507 e. The number of hydrogen-bond donors (Lipinski definition) is 4. The molecule has 0 fully saturated rings. The average Bonchev–Trinajstić information content (AvgIpc) is 3.01. The molecule has 0 radical (unpaired) electrons. The molecule has 236 valence electrons. The number of aromatic nitrogens is 2. The van der Waals surface area contributed by atoms with Gasteiger partial charge in [0.15, 0.2) is 11.5 Å². The fourth-order valence-corrected chi connectivity index (χ4v) is 7.14.